The minimum atomic E-state index is -3.20. The van der Waals surface area contributed by atoms with Crippen LogP contribution in [0.2, 0.25) is 0 Å². The summed E-state index contributed by atoms with van der Waals surface area (Å²) < 4.78 is 28.4. The molecule has 0 aromatic heterocycles. The van der Waals surface area contributed by atoms with Gasteiger partial charge >= 0.3 is 5.97 Å². The van der Waals surface area contributed by atoms with Gasteiger partial charge in [0.15, 0.2) is 9.84 Å². The molecule has 0 aromatic carbocycles. The largest absolute Gasteiger partial charge is 0.481 e. The summed E-state index contributed by atoms with van der Waals surface area (Å²) in [6.07, 6.45) is 1.26. The predicted octanol–water partition coefficient (Wildman–Crippen LogP) is 1.08. The number of sulfone groups is 1. The van der Waals surface area contributed by atoms with E-state index in [1.165, 1.54) is 0 Å². The lowest BCUT2D eigenvalue weighted by atomic mass is 9.64. The lowest BCUT2D eigenvalue weighted by Crippen LogP contribution is -2.50. The van der Waals surface area contributed by atoms with Crippen molar-refractivity contribution >= 4 is 15.8 Å². The van der Waals surface area contributed by atoms with Gasteiger partial charge in [0.05, 0.1) is 15.9 Å². The van der Waals surface area contributed by atoms with E-state index in [0.717, 1.165) is 0 Å². The Morgan fingerprint density at radius 2 is 1.83 bits per heavy atom. The highest BCUT2D eigenvalue weighted by molar-refractivity contribution is 7.93. The van der Waals surface area contributed by atoms with Crippen LogP contribution in [-0.2, 0) is 19.4 Å². The van der Waals surface area contributed by atoms with Gasteiger partial charge in [-0.15, -0.1) is 0 Å². The first-order valence-electron chi connectivity index (χ1n) is 6.27. The second-order valence-electron chi connectivity index (χ2n) is 5.84. The molecule has 0 amide bonds. The van der Waals surface area contributed by atoms with Crippen molar-refractivity contribution in [2.45, 2.75) is 37.9 Å². The van der Waals surface area contributed by atoms with Gasteiger partial charge in [0.25, 0.3) is 0 Å². The maximum atomic E-state index is 12.1. The molecule has 2 aliphatic heterocycles. The molecule has 2 heterocycles. The summed E-state index contributed by atoms with van der Waals surface area (Å²) in [6, 6.07) is 0. The van der Waals surface area contributed by atoms with Crippen LogP contribution in [0.4, 0.5) is 0 Å². The van der Waals surface area contributed by atoms with E-state index in [9.17, 15) is 18.3 Å². The Kier molecular flexibility index (Phi) is 3.22. The number of carboxylic acids is 1. The standard InChI is InChI=1S/C12H20O5S/c1-11(2)9(3-8-18(11,15)16)12(10(13)14)4-6-17-7-5-12/h9H,3-8H2,1-2H3,(H,13,14). The molecule has 0 saturated carbocycles. The molecule has 2 rings (SSSR count). The van der Waals surface area contributed by atoms with Gasteiger partial charge in [0.1, 0.15) is 0 Å². The van der Waals surface area contributed by atoms with E-state index in [1.807, 2.05) is 0 Å². The highest BCUT2D eigenvalue weighted by atomic mass is 32.2. The van der Waals surface area contributed by atoms with Crippen LogP contribution in [0, 0.1) is 11.3 Å². The van der Waals surface area contributed by atoms with Crippen molar-refractivity contribution in [2.75, 3.05) is 19.0 Å². The van der Waals surface area contributed by atoms with Crippen molar-refractivity contribution in [2.24, 2.45) is 11.3 Å². The van der Waals surface area contributed by atoms with Crippen LogP contribution in [0.3, 0.4) is 0 Å². The number of hydrogen-bond acceptors (Lipinski definition) is 4. The molecule has 0 spiro atoms. The van der Waals surface area contributed by atoms with E-state index in [0.29, 0.717) is 32.5 Å². The fraction of sp³-hybridized carbons (Fsp3) is 0.917. The fourth-order valence-electron chi connectivity index (χ4n) is 3.49. The zero-order chi connectivity index (χ0) is 13.6. The van der Waals surface area contributed by atoms with E-state index < -0.39 is 26.0 Å². The number of rotatable bonds is 2. The molecule has 0 radical (unpaired) electrons. The third-order valence-corrected chi connectivity index (χ3v) is 7.45. The molecule has 1 N–H and O–H groups in total. The zero-order valence-electron chi connectivity index (χ0n) is 10.8. The molecule has 18 heavy (non-hydrogen) atoms. The van der Waals surface area contributed by atoms with Crippen molar-refractivity contribution < 1.29 is 23.1 Å². The average molecular weight is 276 g/mol. The average Bonchev–Trinajstić information content (AvgIpc) is 2.50. The SMILES string of the molecule is CC1(C)C(C2(C(=O)O)CCOCC2)CCS1(=O)=O. The summed E-state index contributed by atoms with van der Waals surface area (Å²) in [5.74, 6) is -1.10. The molecule has 1 unspecified atom stereocenters. The van der Waals surface area contributed by atoms with Crippen molar-refractivity contribution in [1.82, 2.24) is 0 Å². The number of ether oxygens (including phenoxy) is 1. The molecule has 0 bridgehead atoms. The maximum absolute atomic E-state index is 12.1. The van der Waals surface area contributed by atoms with E-state index in [-0.39, 0.29) is 11.7 Å². The third-order valence-electron chi connectivity index (χ3n) is 4.79. The van der Waals surface area contributed by atoms with Gasteiger partial charge in [-0.25, -0.2) is 8.42 Å². The van der Waals surface area contributed by atoms with Gasteiger partial charge in [-0.1, -0.05) is 0 Å². The molecule has 104 valence electrons. The third kappa shape index (κ3) is 1.77. The Morgan fingerprint density at radius 1 is 1.28 bits per heavy atom. The molecule has 6 heteroatoms. The van der Waals surface area contributed by atoms with Crippen molar-refractivity contribution in [1.29, 1.82) is 0 Å². The molecule has 0 aliphatic carbocycles. The predicted molar refractivity (Wildman–Crippen MR) is 66.1 cm³/mol. The minimum Gasteiger partial charge on any atom is -0.481 e. The molecule has 1 atom stereocenters. The Balaban J connectivity index is 2.42. The van der Waals surface area contributed by atoms with Gasteiger partial charge in [-0.3, -0.25) is 4.79 Å². The number of carbonyl (C=O) groups is 1. The Bertz CT molecular complexity index is 445. The van der Waals surface area contributed by atoms with Crippen LogP contribution in [0.25, 0.3) is 0 Å². The maximum Gasteiger partial charge on any atom is 0.310 e. The van der Waals surface area contributed by atoms with Gasteiger partial charge in [-0.2, -0.15) is 0 Å². The minimum absolute atomic E-state index is 0.0978. The van der Waals surface area contributed by atoms with Gasteiger partial charge < -0.3 is 9.84 Å². The number of hydrogen-bond donors (Lipinski definition) is 1. The molecule has 2 aliphatic rings. The summed E-state index contributed by atoms with van der Waals surface area (Å²) in [6.45, 7) is 4.14. The van der Waals surface area contributed by atoms with E-state index >= 15 is 0 Å². The molecule has 5 nitrogen and oxygen atoms in total. The topological polar surface area (TPSA) is 80.7 Å². The van der Waals surface area contributed by atoms with Crippen LogP contribution in [0.15, 0.2) is 0 Å². The normalized spacial score (nSPS) is 33.1. The van der Waals surface area contributed by atoms with Crippen LogP contribution in [0.1, 0.15) is 33.1 Å². The molecule has 2 fully saturated rings. The van der Waals surface area contributed by atoms with Crippen molar-refractivity contribution in [3.63, 3.8) is 0 Å². The van der Waals surface area contributed by atoms with E-state index in [2.05, 4.69) is 0 Å². The first-order chi connectivity index (χ1) is 8.24. The smallest absolute Gasteiger partial charge is 0.310 e. The second kappa shape index (κ2) is 4.20. The summed E-state index contributed by atoms with van der Waals surface area (Å²) >= 11 is 0. The van der Waals surface area contributed by atoms with Gasteiger partial charge in [-0.05, 0) is 39.0 Å². The Hall–Kier alpha value is -0.620. The summed E-state index contributed by atoms with van der Waals surface area (Å²) in [4.78, 5) is 11.7. The quantitative estimate of drug-likeness (QED) is 0.816. The fourth-order valence-corrected chi connectivity index (χ4v) is 5.34. The van der Waals surface area contributed by atoms with Crippen molar-refractivity contribution in [3.8, 4) is 0 Å². The molecule has 0 aromatic rings. The Labute approximate surface area is 107 Å². The number of aliphatic carboxylic acids is 1. The monoisotopic (exact) mass is 276 g/mol. The van der Waals surface area contributed by atoms with Gasteiger partial charge in [0.2, 0.25) is 0 Å². The van der Waals surface area contributed by atoms with E-state index in [1.54, 1.807) is 13.8 Å². The lowest BCUT2D eigenvalue weighted by Gasteiger charge is -2.43. The molecular formula is C12H20O5S. The van der Waals surface area contributed by atoms with Crippen molar-refractivity contribution in [3.05, 3.63) is 0 Å². The van der Waals surface area contributed by atoms with Crippen LogP contribution in [-0.4, -0.2) is 43.2 Å². The summed E-state index contributed by atoms with van der Waals surface area (Å²) in [5.41, 5.74) is -0.939. The first kappa shape index (κ1) is 13.8. The molecule has 2 saturated heterocycles. The van der Waals surface area contributed by atoms with Gasteiger partial charge in [0, 0.05) is 13.2 Å². The summed E-state index contributed by atoms with van der Waals surface area (Å²) in [7, 11) is -3.20. The second-order valence-corrected chi connectivity index (χ2v) is 8.53. The number of carboxylic acid groups (broad SMARTS) is 1. The Morgan fingerprint density at radius 3 is 2.22 bits per heavy atom. The highest BCUT2D eigenvalue weighted by Crippen LogP contribution is 2.52. The van der Waals surface area contributed by atoms with Crippen LogP contribution >= 0.6 is 0 Å². The lowest BCUT2D eigenvalue weighted by molar-refractivity contribution is -0.161. The van der Waals surface area contributed by atoms with Crippen LogP contribution < -0.4 is 0 Å². The van der Waals surface area contributed by atoms with Crippen LogP contribution in [0.5, 0.6) is 0 Å². The zero-order valence-corrected chi connectivity index (χ0v) is 11.6. The first-order valence-corrected chi connectivity index (χ1v) is 7.93. The summed E-state index contributed by atoms with van der Waals surface area (Å²) in [5, 5.41) is 9.60. The highest BCUT2D eigenvalue weighted by Gasteiger charge is 2.59. The molecular weight excluding hydrogens is 256 g/mol. The van der Waals surface area contributed by atoms with E-state index in [4.69, 9.17) is 4.74 Å².